The number of imide groups is 1. The molecule has 370 valence electrons. The van der Waals surface area contributed by atoms with Gasteiger partial charge in [-0.05, 0) is 72.0 Å². The van der Waals surface area contributed by atoms with Crippen LogP contribution >= 0.6 is 7.60 Å². The monoisotopic (exact) mass is 971 g/mol. The van der Waals surface area contributed by atoms with Gasteiger partial charge in [-0.1, -0.05) is 160 Å². The van der Waals surface area contributed by atoms with E-state index in [4.69, 9.17) is 24.3 Å². The number of rotatable bonds is 28. The van der Waals surface area contributed by atoms with E-state index < -0.39 is 49.3 Å². The van der Waals surface area contributed by atoms with Crippen LogP contribution in [0.4, 0.5) is 4.79 Å². The highest BCUT2D eigenvalue weighted by molar-refractivity contribution is 7.54. The summed E-state index contributed by atoms with van der Waals surface area (Å²) in [5.41, 5.74) is 10.3. The molecule has 6 rings (SSSR count). The second-order valence-electron chi connectivity index (χ2n) is 17.6. The number of benzene rings is 5. The van der Waals surface area contributed by atoms with Crippen LogP contribution in [0.25, 0.3) is 10.9 Å². The van der Waals surface area contributed by atoms with Crippen LogP contribution in [-0.4, -0.2) is 64.7 Å². The van der Waals surface area contributed by atoms with Crippen molar-refractivity contribution in [2.75, 3.05) is 13.1 Å². The lowest BCUT2D eigenvalue weighted by molar-refractivity contribution is -0.149. The van der Waals surface area contributed by atoms with Gasteiger partial charge < -0.3 is 34.6 Å². The quantitative estimate of drug-likeness (QED) is 0.0208. The third-order valence-electron chi connectivity index (χ3n) is 11.7. The molecule has 0 bridgehead atoms. The number of fused-ring (bicyclic) bond motifs is 1. The van der Waals surface area contributed by atoms with Gasteiger partial charge in [0.05, 0.1) is 19.3 Å². The first-order valence-corrected chi connectivity index (χ1v) is 25.6. The molecule has 1 heterocycles. The summed E-state index contributed by atoms with van der Waals surface area (Å²) in [5.74, 6) is -3.05. The van der Waals surface area contributed by atoms with Crippen molar-refractivity contribution in [3.05, 3.63) is 180 Å². The van der Waals surface area contributed by atoms with E-state index in [2.05, 4.69) is 15.6 Å². The third kappa shape index (κ3) is 16.6. The zero-order chi connectivity index (χ0) is 49.6. The predicted molar refractivity (Wildman–Crippen MR) is 271 cm³/mol. The zero-order valence-corrected chi connectivity index (χ0v) is 41.0. The molecule has 5 aromatic carbocycles. The summed E-state index contributed by atoms with van der Waals surface area (Å²) in [7, 11) is -4.37. The number of ether oxygens (including phenoxy) is 2. The topological polar surface area (TPSA) is 191 Å². The van der Waals surface area contributed by atoms with Gasteiger partial charge in [-0.2, -0.15) is 0 Å². The van der Waals surface area contributed by atoms with Gasteiger partial charge in [0.2, 0.25) is 11.8 Å². The van der Waals surface area contributed by atoms with Crippen molar-refractivity contribution >= 4 is 42.4 Å². The number of carbonyl (C=O) groups excluding carboxylic acids is 4. The molecule has 0 saturated heterocycles. The lowest BCUT2D eigenvalue weighted by Crippen LogP contribution is -2.54. The van der Waals surface area contributed by atoms with E-state index in [0.29, 0.717) is 36.9 Å². The number of aromatic nitrogens is 1. The molecule has 0 spiro atoms. The first-order valence-electron chi connectivity index (χ1n) is 24.0. The normalized spacial score (nSPS) is 12.8. The minimum Gasteiger partial charge on any atom is -0.459 e. The fourth-order valence-corrected chi connectivity index (χ4v) is 9.78. The summed E-state index contributed by atoms with van der Waals surface area (Å²) >= 11 is 0. The summed E-state index contributed by atoms with van der Waals surface area (Å²) in [6.45, 7) is 3.77. The number of amides is 3. The molecule has 6 aromatic rings. The third-order valence-corrected chi connectivity index (χ3v) is 13.8. The Hall–Kier alpha value is -6.41. The van der Waals surface area contributed by atoms with Gasteiger partial charge in [0.1, 0.15) is 25.0 Å². The van der Waals surface area contributed by atoms with Crippen LogP contribution in [0, 0.1) is 5.92 Å². The highest BCUT2D eigenvalue weighted by atomic mass is 31.2. The molecule has 0 radical (unpaired) electrons. The van der Waals surface area contributed by atoms with Crippen molar-refractivity contribution in [2.45, 2.75) is 103 Å². The van der Waals surface area contributed by atoms with Crippen LogP contribution in [-0.2, 0) is 70.3 Å². The molecule has 1 aromatic heterocycles. The first kappa shape index (κ1) is 53.0. The molecule has 3 amide bonds. The van der Waals surface area contributed by atoms with Crippen LogP contribution in [0.2, 0.25) is 0 Å². The molecule has 3 atom stereocenters. The Bertz CT molecular complexity index is 2530. The van der Waals surface area contributed by atoms with Gasteiger partial charge in [0, 0.05) is 36.5 Å². The molecule has 1 unspecified atom stereocenters. The van der Waals surface area contributed by atoms with Crippen molar-refractivity contribution in [3.63, 3.8) is 0 Å². The molecular weight excluding hydrogens is 906 g/mol. The van der Waals surface area contributed by atoms with Crippen LogP contribution in [0.15, 0.2) is 152 Å². The lowest BCUT2D eigenvalue weighted by atomic mass is 10.0. The number of hydrogen-bond acceptors (Lipinski definition) is 11. The van der Waals surface area contributed by atoms with Crippen LogP contribution in [0.1, 0.15) is 80.2 Å². The second kappa shape index (κ2) is 27.7. The highest BCUT2D eigenvalue weighted by Gasteiger charge is 2.41. The maximum Gasteiger partial charge on any atom is 0.416 e. The smallest absolute Gasteiger partial charge is 0.416 e. The van der Waals surface area contributed by atoms with Crippen molar-refractivity contribution < 1.29 is 42.3 Å². The maximum atomic E-state index is 15.7. The van der Waals surface area contributed by atoms with Gasteiger partial charge >= 0.3 is 19.7 Å². The van der Waals surface area contributed by atoms with E-state index in [1.165, 1.54) is 0 Å². The number of esters is 1. The Morgan fingerprint density at radius 2 is 1.19 bits per heavy atom. The Morgan fingerprint density at radius 3 is 1.74 bits per heavy atom. The Kier molecular flexibility index (Phi) is 20.9. The number of para-hydroxylation sites is 1. The average molecular weight is 972 g/mol. The molecule has 14 nitrogen and oxygen atoms in total. The number of nitrogens with zero attached hydrogens (tertiary/aromatic N) is 1. The summed E-state index contributed by atoms with van der Waals surface area (Å²) in [6.07, 6.45) is 3.03. The lowest BCUT2D eigenvalue weighted by Gasteiger charge is -2.33. The average Bonchev–Trinajstić information content (AvgIpc) is 3.80. The van der Waals surface area contributed by atoms with E-state index in [1.807, 2.05) is 166 Å². The summed E-state index contributed by atoms with van der Waals surface area (Å²) in [5, 5.41) is 7.24. The minimum absolute atomic E-state index is 0.00755. The predicted octanol–water partition coefficient (Wildman–Crippen LogP) is 9.97. The maximum absolute atomic E-state index is 15.7. The van der Waals surface area contributed by atoms with E-state index >= 15 is 4.57 Å². The molecule has 15 heteroatoms. The number of aromatic amines is 1. The highest BCUT2D eigenvalue weighted by Crippen LogP contribution is 2.55. The molecule has 0 aliphatic carbocycles. The standard InChI is InChI=1S/C55H66N5O9P/c1-41(2)34-49(53(62)59-50(54(63)66-37-42-20-8-3-9-21-42)35-46-36-57-48-29-18-17-28-47(46)48)58-51(70(65,68-39-44-24-12-5-13-25-44)69-40-45-26-14-6-15-27-45)31-33-60(52(61)30-16-7-19-32-56)55(64)67-38-43-22-10-4-11-23-43/h3-6,8-15,17-18,20-29,36,41,49-51,57-58H,7,16,19,30-35,37-40,56H2,1-2H3,(H,59,62)/t49-,50-,51?/m0/s1. The number of H-pyrrole nitrogens is 1. The fraction of sp³-hybridized carbons (Fsp3) is 0.345. The molecule has 70 heavy (non-hydrogen) atoms. The number of carbonyl (C=O) groups is 4. The minimum atomic E-state index is -4.37. The fourth-order valence-electron chi connectivity index (χ4n) is 7.90. The van der Waals surface area contributed by atoms with E-state index in [9.17, 15) is 19.2 Å². The van der Waals surface area contributed by atoms with Crippen LogP contribution in [0.3, 0.4) is 0 Å². The van der Waals surface area contributed by atoms with Gasteiger partial charge in [-0.3, -0.25) is 19.5 Å². The number of nitrogens with two attached hydrogens (primary N) is 1. The van der Waals surface area contributed by atoms with E-state index in [0.717, 1.165) is 32.5 Å². The molecule has 0 aliphatic heterocycles. The molecule has 0 fully saturated rings. The van der Waals surface area contributed by atoms with Crippen LogP contribution < -0.4 is 16.4 Å². The number of hydrogen-bond donors (Lipinski definition) is 4. The zero-order valence-electron chi connectivity index (χ0n) is 40.1. The van der Waals surface area contributed by atoms with Crippen molar-refractivity contribution in [1.29, 1.82) is 0 Å². The Labute approximate surface area is 411 Å². The summed E-state index contributed by atoms with van der Waals surface area (Å²) in [6, 6.07) is 42.2. The Balaban J connectivity index is 1.34. The van der Waals surface area contributed by atoms with Gasteiger partial charge in [0.25, 0.3) is 0 Å². The van der Waals surface area contributed by atoms with E-state index in [-0.39, 0.29) is 64.6 Å². The summed E-state index contributed by atoms with van der Waals surface area (Å²) in [4.78, 5) is 61.2. The van der Waals surface area contributed by atoms with Gasteiger partial charge in [-0.15, -0.1) is 0 Å². The van der Waals surface area contributed by atoms with Crippen molar-refractivity contribution in [2.24, 2.45) is 11.7 Å². The second-order valence-corrected chi connectivity index (χ2v) is 19.8. The first-order chi connectivity index (χ1) is 34.0. The SMILES string of the molecule is CC(C)C[C@H](NC(CCN(C(=O)CCCCCN)C(=O)OCc1ccccc1)P(=O)(OCc1ccccc1)OCc1ccccc1)C(=O)N[C@@H](Cc1c[nH]c2ccccc12)C(=O)OCc1ccccc1. The van der Waals surface area contributed by atoms with Gasteiger partial charge in [-0.25, -0.2) is 14.5 Å². The molecule has 0 aliphatic rings. The Morgan fingerprint density at radius 1 is 0.657 bits per heavy atom. The molecular formula is C55H66N5O9P. The molecule has 0 saturated carbocycles. The number of unbranched alkanes of at least 4 members (excludes halogenated alkanes) is 2. The van der Waals surface area contributed by atoms with Crippen molar-refractivity contribution in [1.82, 2.24) is 20.5 Å². The molecule has 5 N–H and O–H groups in total. The van der Waals surface area contributed by atoms with E-state index in [1.54, 1.807) is 0 Å². The van der Waals surface area contributed by atoms with Crippen LogP contribution in [0.5, 0.6) is 0 Å². The summed E-state index contributed by atoms with van der Waals surface area (Å²) < 4.78 is 40.0. The largest absolute Gasteiger partial charge is 0.459 e. The van der Waals surface area contributed by atoms with Gasteiger partial charge in [0.15, 0.2) is 0 Å². The number of nitrogens with one attached hydrogen (secondary N) is 3. The van der Waals surface area contributed by atoms with Crippen molar-refractivity contribution in [3.8, 4) is 0 Å².